The number of aromatic nitrogens is 1. The van der Waals surface area contributed by atoms with Crippen LogP contribution < -0.4 is 10.5 Å². The van der Waals surface area contributed by atoms with Crippen LogP contribution in [0.4, 0.5) is 0 Å². The molecule has 1 aromatic rings. The largest absolute Gasteiger partial charge is 0.497 e. The van der Waals surface area contributed by atoms with Crippen LogP contribution in [0.3, 0.4) is 0 Å². The Morgan fingerprint density at radius 3 is 2.76 bits per heavy atom. The average Bonchev–Trinajstić information content (AvgIpc) is 2.43. The van der Waals surface area contributed by atoms with E-state index in [4.69, 9.17) is 15.7 Å². The predicted octanol–water partition coefficient (Wildman–Crippen LogP) is 1.99. The summed E-state index contributed by atoms with van der Waals surface area (Å²) in [5, 5.41) is 11.7. The van der Waals surface area contributed by atoms with E-state index >= 15 is 0 Å². The van der Waals surface area contributed by atoms with Crippen molar-refractivity contribution in [2.24, 2.45) is 16.8 Å². The number of hydrogen-bond acceptors (Lipinski definition) is 5. The van der Waals surface area contributed by atoms with Crippen molar-refractivity contribution in [3.8, 4) is 5.75 Å². The summed E-state index contributed by atoms with van der Waals surface area (Å²) >= 11 is 0. The van der Waals surface area contributed by atoms with Crippen LogP contribution in [0.5, 0.6) is 5.75 Å². The van der Waals surface area contributed by atoms with Crippen molar-refractivity contribution in [3.05, 3.63) is 23.5 Å². The number of aryl methyl sites for hydroxylation is 1. The third kappa shape index (κ3) is 6.44. The van der Waals surface area contributed by atoms with Gasteiger partial charge >= 0.3 is 0 Å². The number of nitrogens with two attached hydrogens (primary N) is 1. The van der Waals surface area contributed by atoms with Gasteiger partial charge in [0, 0.05) is 43.9 Å². The van der Waals surface area contributed by atoms with Gasteiger partial charge in [-0.15, -0.1) is 0 Å². The highest BCUT2D eigenvalue weighted by molar-refractivity contribution is 5.79. The van der Waals surface area contributed by atoms with E-state index in [9.17, 15) is 0 Å². The van der Waals surface area contributed by atoms with Crippen molar-refractivity contribution < 1.29 is 9.94 Å². The molecule has 0 unspecified atom stereocenters. The van der Waals surface area contributed by atoms with Crippen molar-refractivity contribution in [3.63, 3.8) is 0 Å². The van der Waals surface area contributed by atoms with Gasteiger partial charge in [-0.1, -0.05) is 19.0 Å². The second-order valence-corrected chi connectivity index (χ2v) is 5.61. The SMILES string of the molecule is COc1cc(C)nc(CN(CC/C(N)=N/O)CC(C)C)c1. The van der Waals surface area contributed by atoms with Crippen molar-refractivity contribution in [1.82, 2.24) is 9.88 Å². The molecule has 0 fully saturated rings. The Labute approximate surface area is 126 Å². The third-order valence-corrected chi connectivity index (χ3v) is 3.04. The zero-order valence-electron chi connectivity index (χ0n) is 13.3. The number of hydrogen-bond donors (Lipinski definition) is 2. The van der Waals surface area contributed by atoms with Gasteiger partial charge in [0.15, 0.2) is 0 Å². The van der Waals surface area contributed by atoms with Crippen LogP contribution in [0, 0.1) is 12.8 Å². The predicted molar refractivity (Wildman–Crippen MR) is 83.7 cm³/mol. The molecule has 21 heavy (non-hydrogen) atoms. The Kier molecular flexibility index (Phi) is 6.94. The van der Waals surface area contributed by atoms with Gasteiger partial charge < -0.3 is 15.7 Å². The van der Waals surface area contributed by atoms with Gasteiger partial charge in [-0.3, -0.25) is 9.88 Å². The maximum atomic E-state index is 8.64. The van der Waals surface area contributed by atoms with Gasteiger partial charge in [0.05, 0.1) is 12.8 Å². The molecule has 0 spiro atoms. The molecule has 0 bridgehead atoms. The average molecular weight is 294 g/mol. The summed E-state index contributed by atoms with van der Waals surface area (Å²) in [6.45, 7) is 8.66. The van der Waals surface area contributed by atoms with E-state index in [-0.39, 0.29) is 5.84 Å². The topological polar surface area (TPSA) is 84.0 Å². The van der Waals surface area contributed by atoms with Crippen LogP contribution in [0.15, 0.2) is 17.3 Å². The smallest absolute Gasteiger partial charge is 0.140 e. The van der Waals surface area contributed by atoms with Gasteiger partial charge in [-0.25, -0.2) is 0 Å². The number of methoxy groups -OCH3 is 1. The van der Waals surface area contributed by atoms with E-state index in [1.807, 2.05) is 19.1 Å². The van der Waals surface area contributed by atoms with Crippen molar-refractivity contribution in [1.29, 1.82) is 0 Å². The summed E-state index contributed by atoms with van der Waals surface area (Å²) < 4.78 is 5.28. The molecule has 0 amide bonds. The summed E-state index contributed by atoms with van der Waals surface area (Å²) in [5.74, 6) is 1.60. The van der Waals surface area contributed by atoms with E-state index in [1.54, 1.807) is 7.11 Å². The maximum Gasteiger partial charge on any atom is 0.140 e. The molecule has 0 saturated carbocycles. The zero-order valence-corrected chi connectivity index (χ0v) is 13.3. The first kappa shape index (κ1) is 17.2. The molecule has 0 radical (unpaired) electrons. The van der Waals surface area contributed by atoms with Gasteiger partial charge in [0.25, 0.3) is 0 Å². The minimum atomic E-state index is 0.249. The number of amidine groups is 1. The third-order valence-electron chi connectivity index (χ3n) is 3.04. The van der Waals surface area contributed by atoms with Gasteiger partial charge in [0.1, 0.15) is 11.6 Å². The quantitative estimate of drug-likeness (QED) is 0.331. The molecule has 0 aliphatic carbocycles. The first-order chi connectivity index (χ1) is 9.94. The molecule has 6 nitrogen and oxygen atoms in total. The zero-order chi connectivity index (χ0) is 15.8. The van der Waals surface area contributed by atoms with Crippen LogP contribution in [-0.2, 0) is 6.54 Å². The lowest BCUT2D eigenvalue weighted by molar-refractivity contribution is 0.237. The fourth-order valence-electron chi connectivity index (χ4n) is 2.20. The summed E-state index contributed by atoms with van der Waals surface area (Å²) in [7, 11) is 1.66. The van der Waals surface area contributed by atoms with Crippen LogP contribution in [0.2, 0.25) is 0 Å². The molecule has 6 heteroatoms. The molecule has 0 saturated heterocycles. The van der Waals surface area contributed by atoms with E-state index in [1.165, 1.54) is 0 Å². The normalized spacial score (nSPS) is 12.2. The monoisotopic (exact) mass is 294 g/mol. The van der Waals surface area contributed by atoms with Crippen molar-refractivity contribution >= 4 is 5.84 Å². The highest BCUT2D eigenvalue weighted by atomic mass is 16.5. The van der Waals surface area contributed by atoms with Crippen molar-refractivity contribution in [2.45, 2.75) is 33.7 Å². The fourth-order valence-corrected chi connectivity index (χ4v) is 2.20. The molecule has 0 atom stereocenters. The lowest BCUT2D eigenvalue weighted by atomic mass is 10.2. The van der Waals surface area contributed by atoms with Gasteiger partial charge in [-0.05, 0) is 12.8 Å². The minimum absolute atomic E-state index is 0.249. The Hall–Kier alpha value is -1.82. The molecule has 0 aromatic carbocycles. The molecule has 1 heterocycles. The highest BCUT2D eigenvalue weighted by Crippen LogP contribution is 2.15. The van der Waals surface area contributed by atoms with Crippen LogP contribution in [0.25, 0.3) is 0 Å². The molecule has 0 aliphatic heterocycles. The van der Waals surface area contributed by atoms with E-state index in [2.05, 4.69) is 28.9 Å². The van der Waals surface area contributed by atoms with Crippen LogP contribution in [-0.4, -0.2) is 41.1 Å². The number of oxime groups is 1. The molecule has 3 N–H and O–H groups in total. The van der Waals surface area contributed by atoms with Crippen LogP contribution >= 0.6 is 0 Å². The number of nitrogens with zero attached hydrogens (tertiary/aromatic N) is 3. The standard InChI is InChI=1S/C15H26N4O2/c1-11(2)9-19(6-5-15(16)18-20)10-13-8-14(21-4)7-12(3)17-13/h7-8,11,20H,5-6,9-10H2,1-4H3,(H2,16,18). The molecule has 1 rings (SSSR count). The first-order valence-electron chi connectivity index (χ1n) is 7.15. The fraction of sp³-hybridized carbons (Fsp3) is 0.600. The Bertz CT molecular complexity index is 475. The Morgan fingerprint density at radius 2 is 2.19 bits per heavy atom. The van der Waals surface area contributed by atoms with Crippen molar-refractivity contribution in [2.75, 3.05) is 20.2 Å². The lowest BCUT2D eigenvalue weighted by Crippen LogP contribution is -2.31. The summed E-state index contributed by atoms with van der Waals surface area (Å²) in [6.07, 6.45) is 0.534. The molecule has 118 valence electrons. The molecular formula is C15H26N4O2. The lowest BCUT2D eigenvalue weighted by Gasteiger charge is -2.24. The second kappa shape index (κ2) is 8.46. The Balaban J connectivity index is 2.77. The van der Waals surface area contributed by atoms with Gasteiger partial charge in [-0.2, -0.15) is 0 Å². The Morgan fingerprint density at radius 1 is 1.48 bits per heavy atom. The maximum absolute atomic E-state index is 8.64. The minimum Gasteiger partial charge on any atom is -0.497 e. The van der Waals surface area contributed by atoms with E-state index < -0.39 is 0 Å². The second-order valence-electron chi connectivity index (χ2n) is 5.61. The van der Waals surface area contributed by atoms with Crippen LogP contribution in [0.1, 0.15) is 31.7 Å². The molecule has 0 aliphatic rings. The molecular weight excluding hydrogens is 268 g/mol. The van der Waals surface area contributed by atoms with E-state index in [0.29, 0.717) is 12.3 Å². The summed E-state index contributed by atoms with van der Waals surface area (Å²) in [4.78, 5) is 6.80. The highest BCUT2D eigenvalue weighted by Gasteiger charge is 2.11. The first-order valence-corrected chi connectivity index (χ1v) is 7.15. The number of pyridine rings is 1. The number of rotatable bonds is 8. The van der Waals surface area contributed by atoms with E-state index in [0.717, 1.165) is 36.8 Å². The molecule has 1 aromatic heterocycles. The summed E-state index contributed by atoms with van der Waals surface area (Å²) in [5.41, 5.74) is 7.45. The van der Waals surface area contributed by atoms with Gasteiger partial charge in [0.2, 0.25) is 0 Å². The summed E-state index contributed by atoms with van der Waals surface area (Å²) in [6, 6.07) is 3.86. The number of ether oxygens (including phenoxy) is 1.